The molecule has 0 aromatic heterocycles. The van der Waals surface area contributed by atoms with E-state index in [4.69, 9.17) is 44.6 Å². The maximum Gasteiger partial charge on any atom is 0.157 e. The molecule has 0 fully saturated rings. The number of aliphatic hydroxyl groups excluding tert-OH is 1. The number of hydrogen-bond donors (Lipinski definition) is 1. The van der Waals surface area contributed by atoms with E-state index in [1.165, 1.54) is 0 Å². The van der Waals surface area contributed by atoms with Crippen LogP contribution in [-0.2, 0) is 6.61 Å². The maximum atomic E-state index is 8.64. The molecule has 0 spiro atoms. The van der Waals surface area contributed by atoms with Crippen LogP contribution in [0.1, 0.15) is 11.1 Å². The number of benzene rings is 2. The average molecular weight is 342 g/mol. The third kappa shape index (κ3) is 4.56. The first kappa shape index (κ1) is 16.0. The molecule has 0 bridgehead atoms. The van der Waals surface area contributed by atoms with Gasteiger partial charge in [0.05, 0.1) is 10.0 Å². The molecule has 0 radical (unpaired) electrons. The summed E-state index contributed by atoms with van der Waals surface area (Å²) in [7, 11) is 0. The van der Waals surface area contributed by atoms with Crippen LogP contribution in [0.4, 0.5) is 0 Å². The second-order valence-electron chi connectivity index (χ2n) is 4.14. The minimum Gasteiger partial charge on any atom is -0.486 e. The number of halogens is 3. The number of aliphatic hydroxyl groups is 1. The van der Waals surface area contributed by atoms with Crippen LogP contribution in [0, 0.1) is 11.8 Å². The number of hydrogen-bond acceptors (Lipinski definition) is 2. The summed E-state index contributed by atoms with van der Waals surface area (Å²) < 4.78 is 5.63. The zero-order valence-electron chi connectivity index (χ0n) is 10.9. The summed E-state index contributed by atoms with van der Waals surface area (Å²) in [5.41, 5.74) is 1.78. The van der Waals surface area contributed by atoms with Crippen LogP contribution >= 0.6 is 34.8 Å². The Balaban J connectivity index is 2.07. The Bertz CT molecular complexity index is 662. The predicted octanol–water partition coefficient (Wildman–Crippen LogP) is 4.57. The van der Waals surface area contributed by atoms with Crippen LogP contribution in [0.5, 0.6) is 5.75 Å². The highest BCUT2D eigenvalue weighted by Crippen LogP contribution is 2.36. The summed E-state index contributed by atoms with van der Waals surface area (Å²) in [5, 5.41) is 9.84. The first-order chi connectivity index (χ1) is 10.1. The molecule has 2 rings (SSSR count). The summed E-state index contributed by atoms with van der Waals surface area (Å²) >= 11 is 17.9. The lowest BCUT2D eigenvalue weighted by Gasteiger charge is -2.10. The molecular formula is C16H11Cl3O2. The van der Waals surface area contributed by atoms with Gasteiger partial charge in [-0.1, -0.05) is 58.8 Å². The van der Waals surface area contributed by atoms with Crippen molar-refractivity contribution in [2.24, 2.45) is 0 Å². The van der Waals surface area contributed by atoms with E-state index < -0.39 is 0 Å². The van der Waals surface area contributed by atoms with E-state index in [0.29, 0.717) is 27.4 Å². The Morgan fingerprint density at radius 2 is 1.62 bits per heavy atom. The van der Waals surface area contributed by atoms with Crippen molar-refractivity contribution in [2.45, 2.75) is 6.61 Å². The second-order valence-corrected chi connectivity index (χ2v) is 5.39. The normalized spacial score (nSPS) is 9.90. The fourth-order valence-corrected chi connectivity index (χ4v) is 2.57. The SMILES string of the molecule is OCC#Cc1ccc(COc2c(Cl)cc(Cl)cc2Cl)cc1. The van der Waals surface area contributed by atoms with Gasteiger partial charge in [-0.2, -0.15) is 0 Å². The van der Waals surface area contributed by atoms with Gasteiger partial charge in [0.1, 0.15) is 13.2 Å². The lowest BCUT2D eigenvalue weighted by Crippen LogP contribution is -1.96. The summed E-state index contributed by atoms with van der Waals surface area (Å²) in [6, 6.07) is 10.6. The van der Waals surface area contributed by atoms with Crippen molar-refractivity contribution >= 4 is 34.8 Å². The minimum absolute atomic E-state index is 0.154. The predicted molar refractivity (Wildman–Crippen MR) is 86.2 cm³/mol. The van der Waals surface area contributed by atoms with Gasteiger partial charge in [-0.3, -0.25) is 0 Å². The summed E-state index contributed by atoms with van der Waals surface area (Å²) in [5.74, 6) is 5.82. The van der Waals surface area contributed by atoms with Crippen molar-refractivity contribution < 1.29 is 9.84 Å². The van der Waals surface area contributed by atoms with Gasteiger partial charge in [-0.25, -0.2) is 0 Å². The highest BCUT2D eigenvalue weighted by Gasteiger charge is 2.09. The van der Waals surface area contributed by atoms with Gasteiger partial charge in [0.25, 0.3) is 0 Å². The van der Waals surface area contributed by atoms with E-state index in [-0.39, 0.29) is 6.61 Å². The quantitative estimate of drug-likeness (QED) is 0.829. The molecule has 0 aliphatic carbocycles. The van der Waals surface area contributed by atoms with Crippen molar-refractivity contribution in [1.82, 2.24) is 0 Å². The Kier molecular flexibility index (Phi) is 5.78. The van der Waals surface area contributed by atoms with E-state index in [9.17, 15) is 0 Å². The lowest BCUT2D eigenvalue weighted by atomic mass is 10.1. The van der Waals surface area contributed by atoms with E-state index in [0.717, 1.165) is 11.1 Å². The summed E-state index contributed by atoms with van der Waals surface area (Å²) in [4.78, 5) is 0. The molecule has 5 heteroatoms. The third-order valence-corrected chi connectivity index (χ3v) is 3.39. The van der Waals surface area contributed by atoms with Gasteiger partial charge < -0.3 is 9.84 Å². The van der Waals surface area contributed by atoms with Crippen molar-refractivity contribution in [2.75, 3.05) is 6.61 Å². The zero-order chi connectivity index (χ0) is 15.2. The van der Waals surface area contributed by atoms with Crippen LogP contribution in [0.2, 0.25) is 15.1 Å². The van der Waals surface area contributed by atoms with Gasteiger partial charge in [-0.15, -0.1) is 0 Å². The molecule has 108 valence electrons. The molecule has 0 unspecified atom stereocenters. The van der Waals surface area contributed by atoms with Crippen molar-refractivity contribution in [3.05, 3.63) is 62.6 Å². The molecule has 0 amide bonds. The smallest absolute Gasteiger partial charge is 0.157 e. The van der Waals surface area contributed by atoms with E-state index >= 15 is 0 Å². The van der Waals surface area contributed by atoms with E-state index in [1.807, 2.05) is 24.3 Å². The molecule has 0 saturated heterocycles. The Morgan fingerprint density at radius 3 is 2.19 bits per heavy atom. The highest BCUT2D eigenvalue weighted by molar-refractivity contribution is 6.40. The minimum atomic E-state index is -0.154. The second kappa shape index (κ2) is 7.59. The molecule has 1 N–H and O–H groups in total. The topological polar surface area (TPSA) is 29.5 Å². The Hall–Kier alpha value is -1.37. The standard InChI is InChI=1S/C16H11Cl3O2/c17-13-8-14(18)16(15(19)9-13)21-10-12-5-3-11(4-6-12)2-1-7-20/h3-6,8-9,20H,7,10H2. The first-order valence-corrected chi connectivity index (χ1v) is 7.19. The molecule has 0 heterocycles. The summed E-state index contributed by atoms with van der Waals surface area (Å²) in [6.45, 7) is 0.174. The van der Waals surface area contributed by atoms with Gasteiger partial charge >= 0.3 is 0 Å². The highest BCUT2D eigenvalue weighted by atomic mass is 35.5. The number of ether oxygens (including phenoxy) is 1. The molecule has 2 nitrogen and oxygen atoms in total. The van der Waals surface area contributed by atoms with E-state index in [2.05, 4.69) is 11.8 Å². The largest absolute Gasteiger partial charge is 0.486 e. The molecule has 0 atom stereocenters. The van der Waals surface area contributed by atoms with Crippen LogP contribution in [-0.4, -0.2) is 11.7 Å². The monoisotopic (exact) mass is 340 g/mol. The van der Waals surface area contributed by atoms with Crippen LogP contribution in [0.25, 0.3) is 0 Å². The van der Waals surface area contributed by atoms with Gasteiger partial charge in [0, 0.05) is 10.6 Å². The molecule has 0 saturated carbocycles. The number of rotatable bonds is 3. The summed E-state index contributed by atoms with van der Waals surface area (Å²) in [6.07, 6.45) is 0. The van der Waals surface area contributed by atoms with E-state index in [1.54, 1.807) is 12.1 Å². The molecular weight excluding hydrogens is 331 g/mol. The molecule has 21 heavy (non-hydrogen) atoms. The first-order valence-electron chi connectivity index (χ1n) is 6.06. The van der Waals surface area contributed by atoms with Gasteiger partial charge in [0.15, 0.2) is 5.75 Å². The molecule has 2 aromatic carbocycles. The Labute approximate surface area is 138 Å². The van der Waals surface area contributed by atoms with Gasteiger partial charge in [-0.05, 0) is 29.8 Å². The van der Waals surface area contributed by atoms with Crippen LogP contribution < -0.4 is 4.74 Å². The van der Waals surface area contributed by atoms with Crippen LogP contribution in [0.3, 0.4) is 0 Å². The maximum absolute atomic E-state index is 8.64. The zero-order valence-corrected chi connectivity index (χ0v) is 13.1. The fourth-order valence-electron chi connectivity index (χ4n) is 1.65. The fraction of sp³-hybridized carbons (Fsp3) is 0.125. The molecule has 2 aromatic rings. The molecule has 0 aliphatic rings. The van der Waals surface area contributed by atoms with Crippen molar-refractivity contribution in [3.63, 3.8) is 0 Å². The third-order valence-electron chi connectivity index (χ3n) is 2.61. The lowest BCUT2D eigenvalue weighted by molar-refractivity contribution is 0.306. The van der Waals surface area contributed by atoms with Gasteiger partial charge in [0.2, 0.25) is 0 Å². The molecule has 0 aliphatic heterocycles. The Morgan fingerprint density at radius 1 is 1.00 bits per heavy atom. The van der Waals surface area contributed by atoms with Crippen LogP contribution in [0.15, 0.2) is 36.4 Å². The van der Waals surface area contributed by atoms with Crippen molar-refractivity contribution in [3.8, 4) is 17.6 Å². The van der Waals surface area contributed by atoms with Crippen molar-refractivity contribution in [1.29, 1.82) is 0 Å². The average Bonchev–Trinajstić information content (AvgIpc) is 2.45.